The van der Waals surface area contributed by atoms with Crippen molar-refractivity contribution in [3.63, 3.8) is 0 Å². The summed E-state index contributed by atoms with van der Waals surface area (Å²) in [7, 11) is 0. The van der Waals surface area contributed by atoms with Gasteiger partial charge in [-0.05, 0) is 24.0 Å². The molecule has 0 saturated heterocycles. The predicted octanol–water partition coefficient (Wildman–Crippen LogP) is 4.01. The number of alkyl halides is 1. The molecule has 0 aromatic heterocycles. The van der Waals surface area contributed by atoms with Crippen LogP contribution < -0.4 is 5.32 Å². The topological polar surface area (TPSA) is 29.1 Å². The van der Waals surface area contributed by atoms with Crippen LogP contribution in [0.25, 0.3) is 0 Å². The summed E-state index contributed by atoms with van der Waals surface area (Å²) in [6, 6.07) is 8.07. The second-order valence-electron chi connectivity index (χ2n) is 5.76. The molecule has 104 valence electrons. The average Bonchev–Trinajstić information content (AvgIpc) is 2.45. The lowest BCUT2D eigenvalue weighted by Gasteiger charge is -2.32. The summed E-state index contributed by atoms with van der Waals surface area (Å²) in [5.74, 6) is 0.711. The number of rotatable bonds is 4. The molecule has 1 fully saturated rings. The summed E-state index contributed by atoms with van der Waals surface area (Å²) >= 11 is 5.82. The Morgan fingerprint density at radius 1 is 1.26 bits per heavy atom. The third kappa shape index (κ3) is 3.73. The molecule has 0 aliphatic heterocycles. The molecule has 1 aromatic carbocycles. The number of halogens is 1. The van der Waals surface area contributed by atoms with E-state index in [0.29, 0.717) is 12.4 Å². The van der Waals surface area contributed by atoms with Crippen molar-refractivity contribution in [2.45, 2.75) is 51.5 Å². The molecule has 1 aliphatic carbocycles. The van der Waals surface area contributed by atoms with Crippen molar-refractivity contribution in [3.8, 4) is 0 Å². The maximum absolute atomic E-state index is 12.3. The van der Waals surface area contributed by atoms with E-state index in [0.717, 1.165) is 24.0 Å². The van der Waals surface area contributed by atoms with Crippen LogP contribution in [0.4, 0.5) is 0 Å². The minimum absolute atomic E-state index is 0.164. The largest absolute Gasteiger partial charge is 0.352 e. The Labute approximate surface area is 120 Å². The molecule has 1 saturated carbocycles. The molecule has 1 aromatic rings. The minimum atomic E-state index is -0.164. The fourth-order valence-electron chi connectivity index (χ4n) is 2.78. The van der Waals surface area contributed by atoms with E-state index in [1.54, 1.807) is 0 Å². The lowest BCUT2D eigenvalue weighted by molar-refractivity contribution is -0.132. The van der Waals surface area contributed by atoms with E-state index in [2.05, 4.69) is 18.3 Å². The molecule has 0 bridgehead atoms. The van der Waals surface area contributed by atoms with Gasteiger partial charge in [-0.1, -0.05) is 50.5 Å². The molecule has 2 rings (SSSR count). The van der Waals surface area contributed by atoms with Crippen LogP contribution >= 0.6 is 11.6 Å². The number of hydrogen-bond acceptors (Lipinski definition) is 1. The van der Waals surface area contributed by atoms with Gasteiger partial charge in [0.2, 0.25) is 5.91 Å². The minimum Gasteiger partial charge on any atom is -0.352 e. The fraction of sp³-hybridized carbons (Fsp3) is 0.562. The van der Waals surface area contributed by atoms with Crippen molar-refractivity contribution >= 4 is 17.5 Å². The molecule has 1 amide bonds. The smallest absolute Gasteiger partial charge is 0.226 e. The predicted molar refractivity (Wildman–Crippen MR) is 79.0 cm³/mol. The lowest BCUT2D eigenvalue weighted by atomic mass is 9.75. The van der Waals surface area contributed by atoms with E-state index in [4.69, 9.17) is 11.6 Å². The molecule has 0 radical (unpaired) electrons. The van der Waals surface area contributed by atoms with E-state index < -0.39 is 0 Å². The quantitative estimate of drug-likeness (QED) is 0.829. The van der Waals surface area contributed by atoms with Gasteiger partial charge in [0, 0.05) is 17.8 Å². The van der Waals surface area contributed by atoms with Gasteiger partial charge in [-0.25, -0.2) is 0 Å². The van der Waals surface area contributed by atoms with Crippen LogP contribution in [0.1, 0.15) is 50.2 Å². The van der Waals surface area contributed by atoms with Gasteiger partial charge < -0.3 is 5.32 Å². The molecule has 3 heteroatoms. The first-order valence-corrected chi connectivity index (χ1v) is 7.60. The summed E-state index contributed by atoms with van der Waals surface area (Å²) in [6.45, 7) is 2.69. The Kier molecular flexibility index (Phi) is 4.87. The van der Waals surface area contributed by atoms with Gasteiger partial charge in [0.05, 0.1) is 0 Å². The van der Waals surface area contributed by atoms with Crippen LogP contribution in [0, 0.1) is 5.41 Å². The summed E-state index contributed by atoms with van der Waals surface area (Å²) in [6.07, 6.45) is 5.64. The van der Waals surface area contributed by atoms with Crippen molar-refractivity contribution in [1.29, 1.82) is 0 Å². The number of benzene rings is 1. The molecule has 0 heterocycles. The zero-order valence-corrected chi connectivity index (χ0v) is 12.3. The molecular weight excluding hydrogens is 258 g/mol. The maximum atomic E-state index is 12.3. The maximum Gasteiger partial charge on any atom is 0.226 e. The molecule has 19 heavy (non-hydrogen) atoms. The molecule has 1 N–H and O–H groups in total. The Morgan fingerprint density at radius 3 is 2.63 bits per heavy atom. The standard InChI is InChI=1S/C16H22ClNO/c1-16(8-3-2-4-9-16)15(19)18-12-14-7-5-6-13(10-14)11-17/h5-7,10H,2-4,8-9,11-12H2,1H3,(H,18,19). The first-order chi connectivity index (χ1) is 9.14. The average molecular weight is 280 g/mol. The second kappa shape index (κ2) is 6.42. The number of nitrogens with one attached hydrogen (secondary N) is 1. The molecule has 0 unspecified atom stereocenters. The van der Waals surface area contributed by atoms with Crippen LogP contribution in [0.5, 0.6) is 0 Å². The monoisotopic (exact) mass is 279 g/mol. The van der Waals surface area contributed by atoms with Gasteiger partial charge in [0.1, 0.15) is 0 Å². The number of carbonyl (C=O) groups is 1. The van der Waals surface area contributed by atoms with E-state index in [9.17, 15) is 4.79 Å². The Balaban J connectivity index is 1.92. The highest BCUT2D eigenvalue weighted by Gasteiger charge is 2.34. The van der Waals surface area contributed by atoms with E-state index in [1.165, 1.54) is 19.3 Å². The third-order valence-electron chi connectivity index (χ3n) is 4.10. The fourth-order valence-corrected chi connectivity index (χ4v) is 2.94. The first kappa shape index (κ1) is 14.4. The van der Waals surface area contributed by atoms with Crippen molar-refractivity contribution in [1.82, 2.24) is 5.32 Å². The lowest BCUT2D eigenvalue weighted by Crippen LogP contribution is -2.39. The van der Waals surface area contributed by atoms with Gasteiger partial charge >= 0.3 is 0 Å². The molecule has 2 nitrogen and oxygen atoms in total. The van der Waals surface area contributed by atoms with Crippen LogP contribution in [0.2, 0.25) is 0 Å². The van der Waals surface area contributed by atoms with Crippen molar-refractivity contribution < 1.29 is 4.79 Å². The second-order valence-corrected chi connectivity index (χ2v) is 6.02. The Morgan fingerprint density at radius 2 is 1.95 bits per heavy atom. The highest BCUT2D eigenvalue weighted by molar-refractivity contribution is 6.17. The van der Waals surface area contributed by atoms with Crippen molar-refractivity contribution in [2.75, 3.05) is 0 Å². The number of hydrogen-bond donors (Lipinski definition) is 1. The number of carbonyl (C=O) groups excluding carboxylic acids is 1. The van der Waals surface area contributed by atoms with Gasteiger partial charge in [0.15, 0.2) is 0 Å². The zero-order chi connectivity index (χ0) is 13.7. The van der Waals surface area contributed by atoms with Crippen molar-refractivity contribution in [3.05, 3.63) is 35.4 Å². The molecular formula is C16H22ClNO. The molecule has 1 aliphatic rings. The van der Waals surface area contributed by atoms with Crippen molar-refractivity contribution in [2.24, 2.45) is 5.41 Å². The van der Waals surface area contributed by atoms with Gasteiger partial charge in [0.25, 0.3) is 0 Å². The van der Waals surface area contributed by atoms with E-state index in [-0.39, 0.29) is 11.3 Å². The highest BCUT2D eigenvalue weighted by Crippen LogP contribution is 2.35. The number of amides is 1. The van der Waals surface area contributed by atoms with E-state index >= 15 is 0 Å². The van der Waals surface area contributed by atoms with Crippen LogP contribution in [-0.2, 0) is 17.2 Å². The summed E-state index contributed by atoms with van der Waals surface area (Å²) in [4.78, 5) is 12.3. The van der Waals surface area contributed by atoms with E-state index in [1.807, 2.05) is 18.2 Å². The Bertz CT molecular complexity index is 438. The highest BCUT2D eigenvalue weighted by atomic mass is 35.5. The Hall–Kier alpha value is -1.02. The normalized spacial score (nSPS) is 18.0. The van der Waals surface area contributed by atoms with Gasteiger partial charge in [-0.15, -0.1) is 11.6 Å². The van der Waals surface area contributed by atoms with Crippen LogP contribution in [-0.4, -0.2) is 5.91 Å². The molecule has 0 atom stereocenters. The summed E-state index contributed by atoms with van der Waals surface area (Å²) in [5, 5.41) is 3.08. The van der Waals surface area contributed by atoms with Crippen LogP contribution in [0.15, 0.2) is 24.3 Å². The zero-order valence-electron chi connectivity index (χ0n) is 11.5. The SMILES string of the molecule is CC1(C(=O)NCc2cccc(CCl)c2)CCCCC1. The van der Waals surface area contributed by atoms with Gasteiger partial charge in [-0.3, -0.25) is 4.79 Å². The first-order valence-electron chi connectivity index (χ1n) is 7.06. The van der Waals surface area contributed by atoms with Crippen LogP contribution in [0.3, 0.4) is 0 Å². The molecule has 0 spiro atoms. The third-order valence-corrected chi connectivity index (χ3v) is 4.41. The summed E-state index contributed by atoms with van der Waals surface area (Å²) < 4.78 is 0. The summed E-state index contributed by atoms with van der Waals surface area (Å²) in [5.41, 5.74) is 2.05. The van der Waals surface area contributed by atoms with Gasteiger partial charge in [-0.2, -0.15) is 0 Å².